The highest BCUT2D eigenvalue weighted by Crippen LogP contribution is 1.79. The molecule has 0 bridgehead atoms. The number of aryl methyl sites for hydroxylation is 1. The van der Waals surface area contributed by atoms with Crippen molar-refractivity contribution in [1.82, 2.24) is 4.57 Å². The number of imidazole rings is 1. The molecule has 0 aliphatic rings. The van der Waals surface area contributed by atoms with Gasteiger partial charge in [0, 0.05) is 0 Å². The normalized spacial score (nSPS) is 7.67. The van der Waals surface area contributed by atoms with E-state index in [4.69, 9.17) is 21.8 Å². The van der Waals surface area contributed by atoms with Crippen LogP contribution in [0.15, 0.2) is 18.7 Å². The number of aromatic nitrogens is 2. The Morgan fingerprint density at radius 3 is 2.73 bits per heavy atom. The molecule has 0 radical (unpaired) electrons. The molecule has 0 unspecified atom stereocenters. The van der Waals surface area contributed by atoms with Crippen LogP contribution in [0.4, 0.5) is 0 Å². The molecule has 0 spiro atoms. The molecule has 1 rings (SSSR count). The summed E-state index contributed by atoms with van der Waals surface area (Å²) in [5.41, 5.74) is 2.15. The number of rotatable bonds is 2. The Labute approximate surface area is 86.7 Å². The van der Waals surface area contributed by atoms with Gasteiger partial charge < -0.3 is 5.26 Å². The van der Waals surface area contributed by atoms with Crippen molar-refractivity contribution in [2.75, 3.05) is 0 Å². The monoisotopic (exact) mass is 207 g/mol. The molecule has 7 heteroatoms. The summed E-state index contributed by atoms with van der Waals surface area (Å²) in [6, 6.07) is 0. The second-order valence-corrected chi connectivity index (χ2v) is 2.39. The summed E-state index contributed by atoms with van der Waals surface area (Å²) < 4.78 is 3.90. The number of hydrogen-bond donors (Lipinski definition) is 0. The molecule has 0 aliphatic carbocycles. The van der Waals surface area contributed by atoms with Gasteiger partial charge >= 0.3 is 0 Å². The minimum atomic E-state index is -1.06. The number of terminal acetylenes is 1. The van der Waals surface area contributed by atoms with Gasteiger partial charge in [-0.3, -0.25) is 10.1 Å². The van der Waals surface area contributed by atoms with Crippen molar-refractivity contribution in [3.05, 3.63) is 34.3 Å². The summed E-state index contributed by atoms with van der Waals surface area (Å²) in [7, 11) is 1.97. The van der Waals surface area contributed by atoms with Gasteiger partial charge in [-0.25, -0.2) is 9.13 Å². The second kappa shape index (κ2) is 6.92. The van der Waals surface area contributed by atoms with Gasteiger partial charge in [-0.05, 0) is 6.19 Å². The van der Waals surface area contributed by atoms with Crippen LogP contribution in [0.5, 0.6) is 0 Å². The van der Waals surface area contributed by atoms with Crippen LogP contribution in [0.1, 0.15) is 0 Å². The van der Waals surface area contributed by atoms with Crippen LogP contribution < -0.4 is 4.57 Å². The minimum absolute atomic E-state index is 0.654. The molecule has 0 aliphatic heterocycles. The van der Waals surface area contributed by atoms with E-state index < -0.39 is 5.03 Å². The van der Waals surface area contributed by atoms with Crippen LogP contribution in [-0.4, -0.2) is 9.60 Å². The fourth-order valence-electron chi connectivity index (χ4n) is 0.737. The van der Waals surface area contributed by atoms with Crippen molar-refractivity contribution in [1.29, 1.82) is 5.26 Å². The molecule has 15 heavy (non-hydrogen) atoms. The highest BCUT2D eigenvalue weighted by molar-refractivity contribution is 4.85. The van der Waals surface area contributed by atoms with E-state index >= 15 is 0 Å². The lowest BCUT2D eigenvalue weighted by Gasteiger charge is -1.81. The van der Waals surface area contributed by atoms with Gasteiger partial charge in [0.25, 0.3) is 0 Å². The lowest BCUT2D eigenvalue weighted by molar-refractivity contribution is -0.671. The summed E-state index contributed by atoms with van der Waals surface area (Å²) >= 11 is 0. The zero-order valence-electron chi connectivity index (χ0n) is 8.07. The molecule has 0 amide bonds. The second-order valence-electron chi connectivity index (χ2n) is 2.39. The average molecular weight is 207 g/mol. The molecule has 78 valence electrons. The van der Waals surface area contributed by atoms with Gasteiger partial charge in [0.05, 0.1) is 12.1 Å². The fourth-order valence-corrected chi connectivity index (χ4v) is 0.737. The third-order valence-electron chi connectivity index (χ3n) is 1.22. The molecule has 0 atom stereocenters. The third kappa shape index (κ3) is 6.61. The SMILES string of the molecule is C#CCn1cc[n+](C)c1.N#C[N-][N+](=O)[O-]. The molecule has 0 fully saturated rings. The first-order valence-electron chi connectivity index (χ1n) is 3.78. The Kier molecular flexibility index (Phi) is 5.75. The van der Waals surface area contributed by atoms with Crippen LogP contribution in [0, 0.1) is 33.9 Å². The van der Waals surface area contributed by atoms with Crippen molar-refractivity contribution in [2.24, 2.45) is 7.05 Å². The molecule has 0 saturated heterocycles. The number of nitro groups is 1. The number of nitriles is 1. The van der Waals surface area contributed by atoms with Gasteiger partial charge in [-0.15, -0.1) is 6.42 Å². The van der Waals surface area contributed by atoms with Crippen LogP contribution in [0.25, 0.3) is 5.43 Å². The van der Waals surface area contributed by atoms with Gasteiger partial charge in [0.2, 0.25) is 6.33 Å². The van der Waals surface area contributed by atoms with E-state index in [1.807, 2.05) is 34.9 Å². The minimum Gasteiger partial charge on any atom is -0.489 e. The molecule has 0 saturated carbocycles. The summed E-state index contributed by atoms with van der Waals surface area (Å²) in [5, 5.41) is 15.3. The lowest BCUT2D eigenvalue weighted by Crippen LogP contribution is -2.23. The van der Waals surface area contributed by atoms with E-state index in [2.05, 4.69) is 11.3 Å². The Morgan fingerprint density at radius 1 is 1.80 bits per heavy atom. The van der Waals surface area contributed by atoms with Gasteiger partial charge in [0.15, 0.2) is 6.54 Å². The van der Waals surface area contributed by atoms with Gasteiger partial charge in [0.1, 0.15) is 12.4 Å². The van der Waals surface area contributed by atoms with E-state index in [1.54, 1.807) is 0 Å². The van der Waals surface area contributed by atoms with E-state index in [9.17, 15) is 0 Å². The van der Waals surface area contributed by atoms with Crippen LogP contribution in [0.3, 0.4) is 0 Å². The molecule has 1 heterocycles. The molecular weight excluding hydrogens is 198 g/mol. The Hall–Kier alpha value is -2.54. The molecule has 1 aromatic rings. The van der Waals surface area contributed by atoms with E-state index in [0.29, 0.717) is 6.54 Å². The van der Waals surface area contributed by atoms with Crippen molar-refractivity contribution < 1.29 is 9.60 Å². The lowest BCUT2D eigenvalue weighted by atomic mass is 10.6. The first kappa shape index (κ1) is 12.5. The van der Waals surface area contributed by atoms with E-state index in [-0.39, 0.29) is 0 Å². The molecule has 7 nitrogen and oxygen atoms in total. The molecule has 1 aromatic heterocycles. The summed E-state index contributed by atoms with van der Waals surface area (Å²) in [5.74, 6) is 2.55. The summed E-state index contributed by atoms with van der Waals surface area (Å²) in [4.78, 5) is 9.02. The summed E-state index contributed by atoms with van der Waals surface area (Å²) in [6.45, 7) is 0.654. The zero-order valence-corrected chi connectivity index (χ0v) is 8.07. The highest BCUT2D eigenvalue weighted by atomic mass is 16.7. The zero-order chi connectivity index (χ0) is 11.7. The van der Waals surface area contributed by atoms with Crippen LogP contribution in [0.2, 0.25) is 0 Å². The Balaban J connectivity index is 0.000000288. The van der Waals surface area contributed by atoms with Crippen molar-refractivity contribution in [3.63, 3.8) is 0 Å². The van der Waals surface area contributed by atoms with E-state index in [1.165, 1.54) is 0 Å². The number of nitrogens with zero attached hydrogens (tertiary/aromatic N) is 5. The molecule has 0 aromatic carbocycles. The Bertz CT molecular complexity index is 398. The summed E-state index contributed by atoms with van der Waals surface area (Å²) in [6.07, 6.45) is 11.9. The predicted molar refractivity (Wildman–Crippen MR) is 50.4 cm³/mol. The number of hydrogen-bond acceptors (Lipinski definition) is 3. The van der Waals surface area contributed by atoms with Gasteiger partial charge in [-0.2, -0.15) is 0 Å². The average Bonchev–Trinajstić information content (AvgIpc) is 2.53. The van der Waals surface area contributed by atoms with Crippen LogP contribution in [-0.2, 0) is 13.6 Å². The Morgan fingerprint density at radius 2 is 2.47 bits per heavy atom. The van der Waals surface area contributed by atoms with Crippen molar-refractivity contribution in [3.8, 4) is 18.5 Å². The fraction of sp³-hybridized carbons (Fsp3) is 0.250. The maximum Gasteiger partial charge on any atom is 0.244 e. The van der Waals surface area contributed by atoms with Crippen molar-refractivity contribution >= 4 is 0 Å². The highest BCUT2D eigenvalue weighted by Gasteiger charge is 1.93. The molecule has 0 N–H and O–H groups in total. The molecular formula is C8H9N5O2. The predicted octanol–water partition coefficient (Wildman–Crippen LogP) is -0.0213. The largest absolute Gasteiger partial charge is 0.489 e. The van der Waals surface area contributed by atoms with Crippen molar-refractivity contribution in [2.45, 2.75) is 6.54 Å². The maximum atomic E-state index is 9.02. The van der Waals surface area contributed by atoms with E-state index in [0.717, 1.165) is 6.19 Å². The first-order chi connectivity index (χ1) is 7.10. The smallest absolute Gasteiger partial charge is 0.244 e. The topological polar surface area (TPSA) is 89.8 Å². The van der Waals surface area contributed by atoms with Gasteiger partial charge in [-0.1, -0.05) is 11.3 Å². The van der Waals surface area contributed by atoms with Crippen LogP contribution >= 0.6 is 0 Å². The first-order valence-corrected chi connectivity index (χ1v) is 3.78. The third-order valence-corrected chi connectivity index (χ3v) is 1.22. The quantitative estimate of drug-likeness (QED) is 0.224. The maximum absolute atomic E-state index is 9.02. The standard InChI is InChI=1S/C7H9N2.CN3O2/c1-3-4-9-6-5-8(2)7-9;2-1-3-4(5)6/h1,5-7H,4H2,2H3;/q+1;-1.